The van der Waals surface area contributed by atoms with E-state index in [-0.39, 0.29) is 0 Å². The van der Waals surface area contributed by atoms with Crippen molar-refractivity contribution in [1.82, 2.24) is 15.1 Å². The molecule has 0 spiro atoms. The number of aromatic nitrogens is 2. The molecule has 0 saturated carbocycles. The van der Waals surface area contributed by atoms with Crippen molar-refractivity contribution in [2.24, 2.45) is 0 Å². The first-order valence-electron chi connectivity index (χ1n) is 7.81. The van der Waals surface area contributed by atoms with Crippen LogP contribution in [0, 0.1) is 20.8 Å². The minimum Gasteiger partial charge on any atom is -0.480 e. The first-order chi connectivity index (χ1) is 9.81. The summed E-state index contributed by atoms with van der Waals surface area (Å²) >= 11 is 0. The Labute approximate surface area is 127 Å². The van der Waals surface area contributed by atoms with Crippen LogP contribution in [-0.4, -0.2) is 32.9 Å². The first-order valence-corrected chi connectivity index (χ1v) is 7.81. The van der Waals surface area contributed by atoms with Crippen molar-refractivity contribution < 1.29 is 9.90 Å². The number of carbonyl (C=O) groups is 1. The molecule has 1 unspecified atom stereocenters. The maximum Gasteiger partial charge on any atom is 0.323 e. The maximum absolute atomic E-state index is 11.4. The molecule has 0 aromatic carbocycles. The second-order valence-corrected chi connectivity index (χ2v) is 6.04. The highest BCUT2D eigenvalue weighted by Gasteiger charge is 2.31. The number of aliphatic carboxylic acids is 1. The van der Waals surface area contributed by atoms with Gasteiger partial charge >= 0.3 is 5.97 Å². The van der Waals surface area contributed by atoms with Crippen LogP contribution in [0.3, 0.4) is 0 Å². The van der Waals surface area contributed by atoms with Crippen LogP contribution >= 0.6 is 0 Å². The molecule has 1 aromatic rings. The molecule has 1 heterocycles. The quantitative estimate of drug-likeness (QED) is 0.687. The molecule has 0 bridgehead atoms. The molecular weight excluding hydrogens is 266 g/mol. The summed E-state index contributed by atoms with van der Waals surface area (Å²) in [6, 6.07) is 0. The van der Waals surface area contributed by atoms with Gasteiger partial charge in [-0.2, -0.15) is 5.10 Å². The van der Waals surface area contributed by atoms with Crippen molar-refractivity contribution in [3.63, 3.8) is 0 Å². The predicted molar refractivity (Wildman–Crippen MR) is 84.6 cm³/mol. The fourth-order valence-corrected chi connectivity index (χ4v) is 2.42. The third-order valence-electron chi connectivity index (χ3n) is 4.28. The molecule has 21 heavy (non-hydrogen) atoms. The number of nitrogens with zero attached hydrogens (tertiary/aromatic N) is 2. The van der Waals surface area contributed by atoms with Crippen LogP contribution in [0.1, 0.15) is 56.5 Å². The summed E-state index contributed by atoms with van der Waals surface area (Å²) in [5, 5.41) is 17.0. The van der Waals surface area contributed by atoms with Crippen LogP contribution in [0.4, 0.5) is 0 Å². The van der Waals surface area contributed by atoms with E-state index < -0.39 is 11.5 Å². The SMILES string of the molecule is CCCNC(C)(CCCCn1nc(C)c(C)c1C)C(=O)O. The van der Waals surface area contributed by atoms with Crippen molar-refractivity contribution in [2.75, 3.05) is 6.54 Å². The van der Waals surface area contributed by atoms with E-state index in [2.05, 4.69) is 24.3 Å². The molecule has 0 fully saturated rings. The van der Waals surface area contributed by atoms with Crippen molar-refractivity contribution in [1.29, 1.82) is 0 Å². The van der Waals surface area contributed by atoms with E-state index in [9.17, 15) is 9.90 Å². The average Bonchev–Trinajstić information content (AvgIpc) is 2.68. The monoisotopic (exact) mass is 295 g/mol. The van der Waals surface area contributed by atoms with Gasteiger partial charge in [-0.1, -0.05) is 6.92 Å². The Hall–Kier alpha value is -1.36. The maximum atomic E-state index is 11.4. The smallest absolute Gasteiger partial charge is 0.323 e. The second kappa shape index (κ2) is 7.59. The molecule has 0 radical (unpaired) electrons. The summed E-state index contributed by atoms with van der Waals surface area (Å²) in [6.45, 7) is 11.6. The number of carboxylic acids is 1. The van der Waals surface area contributed by atoms with Gasteiger partial charge in [0.25, 0.3) is 0 Å². The van der Waals surface area contributed by atoms with Gasteiger partial charge in [-0.05, 0) is 65.5 Å². The Morgan fingerprint density at radius 3 is 2.48 bits per heavy atom. The van der Waals surface area contributed by atoms with E-state index in [1.165, 1.54) is 11.3 Å². The summed E-state index contributed by atoms with van der Waals surface area (Å²) in [7, 11) is 0. The van der Waals surface area contributed by atoms with E-state index in [4.69, 9.17) is 0 Å². The summed E-state index contributed by atoms with van der Waals surface area (Å²) < 4.78 is 2.03. The molecule has 1 aromatic heterocycles. The lowest BCUT2D eigenvalue weighted by Gasteiger charge is -2.26. The minimum atomic E-state index is -0.818. The number of nitrogens with one attached hydrogen (secondary N) is 1. The molecule has 0 amide bonds. The molecule has 120 valence electrons. The van der Waals surface area contributed by atoms with E-state index >= 15 is 0 Å². The zero-order chi connectivity index (χ0) is 16.0. The summed E-state index contributed by atoms with van der Waals surface area (Å²) in [5.41, 5.74) is 2.71. The van der Waals surface area contributed by atoms with Gasteiger partial charge in [0, 0.05) is 12.2 Å². The van der Waals surface area contributed by atoms with Crippen LogP contribution in [0.25, 0.3) is 0 Å². The van der Waals surface area contributed by atoms with Gasteiger partial charge in [0.2, 0.25) is 0 Å². The van der Waals surface area contributed by atoms with Gasteiger partial charge in [0.1, 0.15) is 5.54 Å². The third-order valence-corrected chi connectivity index (χ3v) is 4.28. The van der Waals surface area contributed by atoms with Crippen LogP contribution in [0.15, 0.2) is 0 Å². The highest BCUT2D eigenvalue weighted by atomic mass is 16.4. The molecule has 0 aliphatic carbocycles. The molecule has 5 nitrogen and oxygen atoms in total. The topological polar surface area (TPSA) is 67.2 Å². The zero-order valence-electron chi connectivity index (χ0n) is 14.0. The standard InChI is InChI=1S/C16H29N3O2/c1-6-10-17-16(5,15(20)21)9-7-8-11-19-14(4)12(2)13(3)18-19/h17H,6-11H2,1-5H3,(H,20,21). The molecule has 0 aliphatic heterocycles. The molecule has 5 heteroatoms. The Kier molecular flexibility index (Phi) is 6.40. The van der Waals surface area contributed by atoms with Crippen molar-refractivity contribution in [3.05, 3.63) is 17.0 Å². The predicted octanol–water partition coefficient (Wildman–Crippen LogP) is 2.82. The van der Waals surface area contributed by atoms with Crippen LogP contribution in [0.5, 0.6) is 0 Å². The number of unbranched alkanes of at least 4 members (excludes halogenated alkanes) is 1. The van der Waals surface area contributed by atoms with Crippen molar-refractivity contribution >= 4 is 5.97 Å². The average molecular weight is 295 g/mol. The van der Waals surface area contributed by atoms with Crippen molar-refractivity contribution in [2.45, 2.75) is 72.4 Å². The van der Waals surface area contributed by atoms with Gasteiger partial charge in [0.05, 0.1) is 5.69 Å². The zero-order valence-corrected chi connectivity index (χ0v) is 14.0. The Morgan fingerprint density at radius 2 is 2.00 bits per heavy atom. The minimum absolute atomic E-state index is 0.639. The normalized spacial score (nSPS) is 14.1. The molecule has 0 saturated heterocycles. The Morgan fingerprint density at radius 1 is 1.33 bits per heavy atom. The fourth-order valence-electron chi connectivity index (χ4n) is 2.42. The van der Waals surface area contributed by atoms with Gasteiger partial charge in [0.15, 0.2) is 0 Å². The van der Waals surface area contributed by atoms with Crippen molar-refractivity contribution in [3.8, 4) is 0 Å². The lowest BCUT2D eigenvalue weighted by atomic mass is 9.94. The Bertz CT molecular complexity index is 482. The fraction of sp³-hybridized carbons (Fsp3) is 0.750. The third kappa shape index (κ3) is 4.56. The number of carboxylic acid groups (broad SMARTS) is 1. The van der Waals surface area contributed by atoms with E-state index in [1.54, 1.807) is 6.92 Å². The molecule has 1 rings (SSSR count). The summed E-state index contributed by atoms with van der Waals surface area (Å²) in [5.74, 6) is -0.766. The first kappa shape index (κ1) is 17.7. The molecule has 2 N–H and O–H groups in total. The van der Waals surface area contributed by atoms with Crippen LogP contribution < -0.4 is 5.32 Å². The molecule has 0 aliphatic rings. The second-order valence-electron chi connectivity index (χ2n) is 6.04. The number of hydrogen-bond donors (Lipinski definition) is 2. The number of aryl methyl sites for hydroxylation is 2. The van der Waals surface area contributed by atoms with Gasteiger partial charge in [-0.25, -0.2) is 0 Å². The summed E-state index contributed by atoms with van der Waals surface area (Å²) in [4.78, 5) is 11.4. The van der Waals surface area contributed by atoms with Gasteiger partial charge in [-0.15, -0.1) is 0 Å². The van der Waals surface area contributed by atoms with Gasteiger partial charge in [-0.3, -0.25) is 9.48 Å². The molecular formula is C16H29N3O2. The highest BCUT2D eigenvalue weighted by molar-refractivity contribution is 5.78. The van der Waals surface area contributed by atoms with Gasteiger partial charge < -0.3 is 10.4 Å². The summed E-state index contributed by atoms with van der Waals surface area (Å²) in [6.07, 6.45) is 3.39. The lowest BCUT2D eigenvalue weighted by molar-refractivity contribution is -0.144. The lowest BCUT2D eigenvalue weighted by Crippen LogP contribution is -2.49. The van der Waals surface area contributed by atoms with E-state index in [0.29, 0.717) is 6.42 Å². The number of rotatable bonds is 9. The van der Waals surface area contributed by atoms with E-state index in [0.717, 1.165) is 38.0 Å². The van der Waals surface area contributed by atoms with Crippen LogP contribution in [0.2, 0.25) is 0 Å². The largest absolute Gasteiger partial charge is 0.480 e. The Balaban J connectivity index is 2.47. The highest BCUT2D eigenvalue weighted by Crippen LogP contribution is 2.16. The van der Waals surface area contributed by atoms with E-state index in [1.807, 2.05) is 18.5 Å². The molecule has 1 atom stereocenters. The number of hydrogen-bond acceptors (Lipinski definition) is 3. The van der Waals surface area contributed by atoms with Crippen LogP contribution in [-0.2, 0) is 11.3 Å².